The van der Waals surface area contributed by atoms with Crippen LogP contribution in [0.5, 0.6) is 0 Å². The minimum absolute atomic E-state index is 0.0601. The van der Waals surface area contributed by atoms with Gasteiger partial charge in [-0.2, -0.15) is 0 Å². The highest BCUT2D eigenvalue weighted by atomic mass is 127. The van der Waals surface area contributed by atoms with Crippen molar-refractivity contribution in [2.45, 2.75) is 13.0 Å². The first-order valence-electron chi connectivity index (χ1n) is 5.29. The van der Waals surface area contributed by atoms with Gasteiger partial charge in [0, 0.05) is 0 Å². The largest absolute Gasteiger partial charge is 0.309 e. The zero-order valence-electron chi connectivity index (χ0n) is 9.63. The molecule has 1 aromatic heterocycles. The van der Waals surface area contributed by atoms with E-state index in [0.717, 1.165) is 5.56 Å². The smallest absolute Gasteiger partial charge is 0.126 e. The molecule has 0 saturated heterocycles. The van der Waals surface area contributed by atoms with Crippen molar-refractivity contribution in [2.24, 2.45) is 0 Å². The molecule has 1 N–H and O–H groups in total. The summed E-state index contributed by atoms with van der Waals surface area (Å²) in [5.41, 5.74) is 2.83. The van der Waals surface area contributed by atoms with Gasteiger partial charge in [-0.3, -0.25) is 0 Å². The third-order valence-electron chi connectivity index (χ3n) is 2.74. The molecule has 0 saturated carbocycles. The molecule has 0 bridgehead atoms. The number of hydrogen-bond donors (Lipinski definition) is 1. The second-order valence-corrected chi connectivity index (χ2v) is 6.72. The number of thiophene rings is 1. The Morgan fingerprint density at radius 2 is 2.06 bits per heavy atom. The van der Waals surface area contributed by atoms with Crippen LogP contribution >= 0.6 is 33.9 Å². The molecule has 1 unspecified atom stereocenters. The molecule has 2 rings (SSSR count). The van der Waals surface area contributed by atoms with E-state index in [1.165, 1.54) is 8.45 Å². The maximum absolute atomic E-state index is 13.6. The van der Waals surface area contributed by atoms with Crippen LogP contribution in [0, 0.1) is 15.6 Å². The number of halogens is 2. The molecule has 1 aromatic carbocycles. The average Bonchev–Trinajstić information content (AvgIpc) is 2.71. The van der Waals surface area contributed by atoms with E-state index in [-0.39, 0.29) is 11.9 Å². The summed E-state index contributed by atoms with van der Waals surface area (Å²) in [6.07, 6.45) is 0. The van der Waals surface area contributed by atoms with E-state index in [1.807, 2.05) is 19.2 Å². The van der Waals surface area contributed by atoms with Crippen LogP contribution in [0.3, 0.4) is 0 Å². The van der Waals surface area contributed by atoms with E-state index in [2.05, 4.69) is 39.4 Å². The fourth-order valence-corrected chi connectivity index (χ4v) is 3.19. The number of hydrogen-bond acceptors (Lipinski definition) is 2. The topological polar surface area (TPSA) is 12.0 Å². The maximum Gasteiger partial charge on any atom is 0.126 e. The molecule has 2 aromatic rings. The molecule has 0 aliphatic heterocycles. The molecule has 0 amide bonds. The van der Waals surface area contributed by atoms with Crippen LogP contribution in [0.25, 0.3) is 0 Å². The van der Waals surface area contributed by atoms with Crippen LogP contribution < -0.4 is 5.32 Å². The summed E-state index contributed by atoms with van der Waals surface area (Å²) >= 11 is 4.00. The first-order chi connectivity index (χ1) is 8.11. The summed E-state index contributed by atoms with van der Waals surface area (Å²) in [5.74, 6) is -0.146. The van der Waals surface area contributed by atoms with Crippen LogP contribution in [0.4, 0.5) is 4.39 Å². The van der Waals surface area contributed by atoms with Crippen LogP contribution in [0.1, 0.15) is 22.7 Å². The predicted octanol–water partition coefficient (Wildman–Crippen LogP) is 4.11. The van der Waals surface area contributed by atoms with E-state index in [4.69, 9.17) is 0 Å². The van der Waals surface area contributed by atoms with Gasteiger partial charge in [0.15, 0.2) is 0 Å². The zero-order chi connectivity index (χ0) is 12.4. The van der Waals surface area contributed by atoms with Crippen molar-refractivity contribution in [1.29, 1.82) is 0 Å². The third-order valence-corrected chi connectivity index (χ3v) is 4.55. The molecule has 90 valence electrons. The second-order valence-electron chi connectivity index (χ2n) is 3.91. The number of benzene rings is 1. The van der Waals surface area contributed by atoms with Gasteiger partial charge >= 0.3 is 0 Å². The highest BCUT2D eigenvalue weighted by Gasteiger charge is 2.14. The fraction of sp³-hybridized carbons (Fsp3) is 0.231. The Bertz CT molecular complexity index is 524. The first-order valence-corrected chi connectivity index (χ1v) is 7.25. The van der Waals surface area contributed by atoms with Gasteiger partial charge in [-0.05, 0) is 70.8 Å². The average molecular weight is 361 g/mol. The molecule has 0 aliphatic carbocycles. The van der Waals surface area contributed by atoms with E-state index >= 15 is 0 Å². The SMILES string of the molecule is CNC(c1csc(I)c1)c1ccc(C)c(F)c1. The van der Waals surface area contributed by atoms with Gasteiger partial charge in [-0.1, -0.05) is 12.1 Å². The molecule has 0 spiro atoms. The summed E-state index contributed by atoms with van der Waals surface area (Å²) in [5, 5.41) is 5.34. The predicted molar refractivity (Wildman–Crippen MR) is 79.1 cm³/mol. The Morgan fingerprint density at radius 1 is 1.29 bits per heavy atom. The summed E-state index contributed by atoms with van der Waals surface area (Å²) in [4.78, 5) is 0. The summed E-state index contributed by atoms with van der Waals surface area (Å²) < 4.78 is 14.8. The summed E-state index contributed by atoms with van der Waals surface area (Å²) in [7, 11) is 1.90. The Balaban J connectivity index is 2.38. The molecule has 4 heteroatoms. The summed E-state index contributed by atoms with van der Waals surface area (Å²) in [6.45, 7) is 1.78. The summed E-state index contributed by atoms with van der Waals surface area (Å²) in [6, 6.07) is 7.60. The van der Waals surface area contributed by atoms with Crippen molar-refractivity contribution in [1.82, 2.24) is 5.32 Å². The lowest BCUT2D eigenvalue weighted by Crippen LogP contribution is -2.17. The lowest BCUT2D eigenvalue weighted by molar-refractivity contribution is 0.608. The molecule has 1 heterocycles. The number of rotatable bonds is 3. The normalized spacial score (nSPS) is 12.7. The maximum atomic E-state index is 13.6. The van der Waals surface area contributed by atoms with E-state index < -0.39 is 0 Å². The van der Waals surface area contributed by atoms with Crippen LogP contribution in [-0.4, -0.2) is 7.05 Å². The highest BCUT2D eigenvalue weighted by Crippen LogP contribution is 2.27. The Labute approximate surface area is 118 Å². The van der Waals surface area contributed by atoms with E-state index in [0.29, 0.717) is 5.56 Å². The van der Waals surface area contributed by atoms with Crippen molar-refractivity contribution in [2.75, 3.05) is 7.05 Å². The second kappa shape index (κ2) is 5.46. The minimum Gasteiger partial charge on any atom is -0.309 e. The van der Waals surface area contributed by atoms with Crippen molar-refractivity contribution >= 4 is 33.9 Å². The molecule has 0 fully saturated rings. The molecule has 17 heavy (non-hydrogen) atoms. The van der Waals surface area contributed by atoms with Crippen molar-refractivity contribution in [3.05, 3.63) is 55.0 Å². The van der Waals surface area contributed by atoms with E-state index in [9.17, 15) is 4.39 Å². The van der Waals surface area contributed by atoms with Crippen LogP contribution in [-0.2, 0) is 0 Å². The van der Waals surface area contributed by atoms with Crippen LogP contribution in [0.2, 0.25) is 0 Å². The molecular formula is C13H13FINS. The van der Waals surface area contributed by atoms with Gasteiger partial charge in [-0.25, -0.2) is 4.39 Å². The van der Waals surface area contributed by atoms with Crippen molar-refractivity contribution in [3.8, 4) is 0 Å². The Hall–Kier alpha value is -0.460. The molecule has 0 radical (unpaired) electrons. The molecular weight excluding hydrogens is 348 g/mol. The molecule has 0 aliphatic rings. The number of nitrogens with one attached hydrogen (secondary N) is 1. The first kappa shape index (κ1) is 13.0. The van der Waals surface area contributed by atoms with Crippen molar-refractivity contribution < 1.29 is 4.39 Å². The highest BCUT2D eigenvalue weighted by molar-refractivity contribution is 14.1. The number of aryl methyl sites for hydroxylation is 1. The van der Waals surface area contributed by atoms with Gasteiger partial charge in [0.25, 0.3) is 0 Å². The minimum atomic E-state index is -0.146. The van der Waals surface area contributed by atoms with Crippen molar-refractivity contribution in [3.63, 3.8) is 0 Å². The zero-order valence-corrected chi connectivity index (χ0v) is 12.6. The van der Waals surface area contributed by atoms with Gasteiger partial charge in [0.05, 0.1) is 8.93 Å². The molecule has 1 atom stereocenters. The van der Waals surface area contributed by atoms with Crippen LogP contribution in [0.15, 0.2) is 29.6 Å². The fourth-order valence-electron chi connectivity index (χ4n) is 1.79. The van der Waals surface area contributed by atoms with Gasteiger partial charge in [-0.15, -0.1) is 11.3 Å². The Morgan fingerprint density at radius 3 is 2.59 bits per heavy atom. The van der Waals surface area contributed by atoms with Gasteiger partial charge in [0.1, 0.15) is 5.82 Å². The van der Waals surface area contributed by atoms with Gasteiger partial charge < -0.3 is 5.32 Å². The lowest BCUT2D eigenvalue weighted by atomic mass is 10.00. The monoisotopic (exact) mass is 361 g/mol. The standard InChI is InChI=1S/C13H13FINS/c1-8-3-4-9(5-11(8)14)13(16-2)10-6-12(15)17-7-10/h3-7,13,16H,1-2H3. The van der Waals surface area contributed by atoms with Gasteiger partial charge in [0.2, 0.25) is 0 Å². The molecule has 1 nitrogen and oxygen atoms in total. The van der Waals surface area contributed by atoms with E-state index in [1.54, 1.807) is 24.3 Å². The third kappa shape index (κ3) is 2.86. The Kier molecular flexibility index (Phi) is 4.17. The quantitative estimate of drug-likeness (QED) is 0.812. The lowest BCUT2D eigenvalue weighted by Gasteiger charge is -2.16.